The van der Waals surface area contributed by atoms with Crippen molar-refractivity contribution in [3.05, 3.63) is 102 Å². The number of hydrogen-bond acceptors (Lipinski definition) is 3. The molecule has 4 nitrogen and oxygen atoms in total. The molecule has 0 aliphatic rings. The molecule has 2 aromatic carbocycles. The fourth-order valence-corrected chi connectivity index (χ4v) is 2.84. The molecule has 4 heteroatoms. The maximum atomic E-state index is 12.4. The van der Waals surface area contributed by atoms with Crippen LogP contribution in [-0.4, -0.2) is 15.6 Å². The summed E-state index contributed by atoms with van der Waals surface area (Å²) in [5.74, 6) is 1.44. The normalized spacial score (nSPS) is 11.1. The van der Waals surface area contributed by atoms with Crippen molar-refractivity contribution in [3.8, 4) is 17.1 Å². The lowest BCUT2D eigenvalue weighted by Crippen LogP contribution is -1.93. The molecule has 132 valence electrons. The topological polar surface area (TPSA) is 48.0 Å². The first-order chi connectivity index (χ1) is 13.2. The minimum atomic E-state index is -0.0513. The van der Waals surface area contributed by atoms with Crippen molar-refractivity contribution in [3.63, 3.8) is 0 Å². The maximum absolute atomic E-state index is 12.4. The molecule has 27 heavy (non-hydrogen) atoms. The van der Waals surface area contributed by atoms with Gasteiger partial charge in [0.25, 0.3) is 0 Å². The second kappa shape index (κ2) is 7.30. The first-order valence-electron chi connectivity index (χ1n) is 8.70. The maximum Gasteiger partial charge on any atom is 0.185 e. The van der Waals surface area contributed by atoms with Crippen LogP contribution < -0.4 is 0 Å². The van der Waals surface area contributed by atoms with E-state index in [-0.39, 0.29) is 5.78 Å². The Labute approximate surface area is 157 Å². The van der Waals surface area contributed by atoms with E-state index in [0.29, 0.717) is 17.0 Å². The molecule has 0 spiro atoms. The van der Waals surface area contributed by atoms with Gasteiger partial charge in [-0.2, -0.15) is 5.10 Å². The Morgan fingerprint density at radius 3 is 2.33 bits per heavy atom. The number of carbonyl (C=O) groups excluding carboxylic acids is 1. The van der Waals surface area contributed by atoms with Crippen molar-refractivity contribution in [2.45, 2.75) is 6.92 Å². The highest BCUT2D eigenvalue weighted by atomic mass is 16.3. The van der Waals surface area contributed by atoms with Crippen molar-refractivity contribution < 1.29 is 9.21 Å². The zero-order valence-corrected chi connectivity index (χ0v) is 14.9. The number of aryl methyl sites for hydroxylation is 1. The zero-order valence-electron chi connectivity index (χ0n) is 14.9. The van der Waals surface area contributed by atoms with Crippen LogP contribution in [0.2, 0.25) is 0 Å². The summed E-state index contributed by atoms with van der Waals surface area (Å²) in [6.07, 6.45) is 5.26. The first-order valence-corrected chi connectivity index (χ1v) is 8.70. The number of para-hydroxylation sites is 1. The smallest absolute Gasteiger partial charge is 0.185 e. The van der Waals surface area contributed by atoms with Crippen molar-refractivity contribution >= 4 is 11.9 Å². The molecule has 0 radical (unpaired) electrons. The summed E-state index contributed by atoms with van der Waals surface area (Å²) in [6, 6.07) is 22.8. The van der Waals surface area contributed by atoms with E-state index in [4.69, 9.17) is 4.42 Å². The average Bonchev–Trinajstić information content (AvgIpc) is 3.33. The summed E-state index contributed by atoms with van der Waals surface area (Å²) in [7, 11) is 0. The monoisotopic (exact) mass is 354 g/mol. The van der Waals surface area contributed by atoms with Gasteiger partial charge in [0.05, 0.1) is 5.69 Å². The van der Waals surface area contributed by atoms with E-state index < -0.39 is 0 Å². The molecular weight excluding hydrogens is 336 g/mol. The molecule has 0 unspecified atom stereocenters. The highest BCUT2D eigenvalue weighted by Crippen LogP contribution is 2.26. The zero-order chi connectivity index (χ0) is 18.6. The standard InChI is InChI=1S/C23H18N2O2/c1-17-12-15-22(27-17)23-19(13-14-21(26)18-8-4-2-5-9-18)16-25(24-23)20-10-6-3-7-11-20/h2-16H,1H3/b14-13-. The SMILES string of the molecule is Cc1ccc(-c2nn(-c3ccccc3)cc2/C=C\C(=O)c2ccccc2)o1. The Balaban J connectivity index is 1.73. The fourth-order valence-electron chi connectivity index (χ4n) is 2.84. The van der Waals surface area contributed by atoms with Crippen LogP contribution >= 0.6 is 0 Å². The van der Waals surface area contributed by atoms with E-state index in [2.05, 4.69) is 5.10 Å². The molecule has 0 bridgehead atoms. The molecule has 0 fully saturated rings. The van der Waals surface area contributed by atoms with Gasteiger partial charge in [-0.3, -0.25) is 4.79 Å². The van der Waals surface area contributed by atoms with Gasteiger partial charge in [0.15, 0.2) is 11.5 Å². The molecule has 2 heterocycles. The predicted molar refractivity (Wildman–Crippen MR) is 106 cm³/mol. The van der Waals surface area contributed by atoms with Gasteiger partial charge in [-0.25, -0.2) is 4.68 Å². The summed E-state index contributed by atoms with van der Waals surface area (Å²) < 4.78 is 7.55. The highest BCUT2D eigenvalue weighted by Gasteiger charge is 2.14. The summed E-state index contributed by atoms with van der Waals surface area (Å²) >= 11 is 0. The molecule has 4 rings (SSSR count). The number of hydrogen-bond donors (Lipinski definition) is 0. The Hall–Kier alpha value is -3.66. The van der Waals surface area contributed by atoms with Crippen molar-refractivity contribution in [2.75, 3.05) is 0 Å². The molecule has 0 saturated carbocycles. The summed E-state index contributed by atoms with van der Waals surface area (Å²) in [5.41, 5.74) is 3.11. The molecule has 0 aliphatic heterocycles. The molecule has 0 N–H and O–H groups in total. The van der Waals surface area contributed by atoms with Crippen LogP contribution in [0, 0.1) is 6.92 Å². The van der Waals surface area contributed by atoms with Gasteiger partial charge in [0.1, 0.15) is 11.5 Å². The van der Waals surface area contributed by atoms with Gasteiger partial charge in [-0.05, 0) is 43.3 Å². The minimum absolute atomic E-state index is 0.0513. The Kier molecular flexibility index (Phi) is 4.54. The third-order valence-corrected chi connectivity index (χ3v) is 4.21. The fraction of sp³-hybridized carbons (Fsp3) is 0.0435. The van der Waals surface area contributed by atoms with E-state index >= 15 is 0 Å². The third kappa shape index (κ3) is 3.65. The number of rotatable bonds is 5. The predicted octanol–water partition coefficient (Wildman–Crippen LogP) is 5.34. The number of furan rings is 1. The second-order valence-electron chi connectivity index (χ2n) is 6.19. The molecule has 0 aliphatic carbocycles. The lowest BCUT2D eigenvalue weighted by Gasteiger charge is -1.98. The van der Waals surface area contributed by atoms with Gasteiger partial charge in [-0.15, -0.1) is 0 Å². The second-order valence-corrected chi connectivity index (χ2v) is 6.19. The van der Waals surface area contributed by atoms with Gasteiger partial charge in [0.2, 0.25) is 0 Å². The lowest BCUT2D eigenvalue weighted by molar-refractivity contribution is 0.104. The quantitative estimate of drug-likeness (QED) is 0.359. The van der Waals surface area contributed by atoms with E-state index in [0.717, 1.165) is 17.0 Å². The number of benzene rings is 2. The van der Waals surface area contributed by atoms with E-state index in [9.17, 15) is 4.79 Å². The van der Waals surface area contributed by atoms with E-state index in [1.54, 1.807) is 29.0 Å². The van der Waals surface area contributed by atoms with Gasteiger partial charge >= 0.3 is 0 Å². The molecule has 0 saturated heterocycles. The van der Waals surface area contributed by atoms with Crippen LogP contribution in [0.25, 0.3) is 23.2 Å². The largest absolute Gasteiger partial charge is 0.460 e. The number of carbonyl (C=O) groups is 1. The number of allylic oxidation sites excluding steroid dienone is 1. The van der Waals surface area contributed by atoms with E-state index in [1.165, 1.54) is 0 Å². The molecule has 4 aromatic rings. The number of nitrogens with zero attached hydrogens (tertiary/aromatic N) is 2. The lowest BCUT2D eigenvalue weighted by atomic mass is 10.1. The average molecular weight is 354 g/mol. The molecule has 2 aromatic heterocycles. The Morgan fingerprint density at radius 2 is 1.67 bits per heavy atom. The third-order valence-electron chi connectivity index (χ3n) is 4.21. The first kappa shape index (κ1) is 16.8. The van der Waals surface area contributed by atoms with Crippen molar-refractivity contribution in [1.82, 2.24) is 9.78 Å². The minimum Gasteiger partial charge on any atom is -0.460 e. The van der Waals surface area contributed by atoms with Crippen LogP contribution in [0.4, 0.5) is 0 Å². The van der Waals surface area contributed by atoms with Gasteiger partial charge < -0.3 is 4.42 Å². The van der Waals surface area contributed by atoms with E-state index in [1.807, 2.05) is 73.8 Å². The van der Waals surface area contributed by atoms with Crippen LogP contribution in [0.3, 0.4) is 0 Å². The summed E-state index contributed by atoms with van der Waals surface area (Å²) in [4.78, 5) is 12.4. The van der Waals surface area contributed by atoms with Crippen LogP contribution in [0.1, 0.15) is 21.7 Å². The summed E-state index contributed by atoms with van der Waals surface area (Å²) in [6.45, 7) is 1.89. The highest BCUT2D eigenvalue weighted by molar-refractivity contribution is 6.07. The molecular formula is C23H18N2O2. The number of aromatic nitrogens is 2. The van der Waals surface area contributed by atoms with Crippen LogP contribution in [0.5, 0.6) is 0 Å². The van der Waals surface area contributed by atoms with Crippen LogP contribution in [-0.2, 0) is 0 Å². The van der Waals surface area contributed by atoms with Crippen molar-refractivity contribution in [1.29, 1.82) is 0 Å². The van der Waals surface area contributed by atoms with Crippen molar-refractivity contribution in [2.24, 2.45) is 0 Å². The number of ketones is 1. The molecule has 0 amide bonds. The van der Waals surface area contributed by atoms with Gasteiger partial charge in [-0.1, -0.05) is 48.5 Å². The Morgan fingerprint density at radius 1 is 0.963 bits per heavy atom. The summed E-state index contributed by atoms with van der Waals surface area (Å²) in [5, 5.41) is 4.68. The van der Waals surface area contributed by atoms with Gasteiger partial charge in [0, 0.05) is 17.3 Å². The van der Waals surface area contributed by atoms with Crippen LogP contribution in [0.15, 0.2) is 89.5 Å². The molecule has 0 atom stereocenters. The Bertz CT molecular complexity index is 1090.